The van der Waals surface area contributed by atoms with Crippen LogP contribution < -0.4 is 11.1 Å². The standard InChI is InChI=1S/C16H24N2O9S2/c1-2-27-3-4-28-29-8-11(16(25)26)18-15(24)9(6-13(20)21)5-12(19)10(17)7-14(22)23/h2,9-11H,1,3-8,17H2,(H,18,24)(H,20,21)(H,22,23)(H,25,26)/t9-,10-,11-/m0/s1. The number of aliphatic carboxylic acids is 3. The number of nitrogens with two attached hydrogens (primary N) is 1. The fraction of sp³-hybridized carbons (Fsp3) is 0.562. The average molecular weight is 453 g/mol. The summed E-state index contributed by atoms with van der Waals surface area (Å²) in [4.78, 5) is 57.3. The molecule has 0 heterocycles. The van der Waals surface area contributed by atoms with Crippen LogP contribution >= 0.6 is 21.6 Å². The fourth-order valence-electron chi connectivity index (χ4n) is 1.97. The number of carboxylic acid groups (broad SMARTS) is 3. The van der Waals surface area contributed by atoms with Crippen molar-refractivity contribution < 1.29 is 44.0 Å². The first kappa shape index (κ1) is 26.8. The van der Waals surface area contributed by atoms with Gasteiger partial charge < -0.3 is 31.1 Å². The summed E-state index contributed by atoms with van der Waals surface area (Å²) < 4.78 is 4.91. The number of Topliss-reactive ketones (excluding diaryl/α,β-unsaturated/α-hetero) is 1. The highest BCUT2D eigenvalue weighted by molar-refractivity contribution is 8.76. The molecule has 1 amide bonds. The Balaban J connectivity index is 4.86. The molecule has 0 saturated heterocycles. The first-order valence-electron chi connectivity index (χ1n) is 8.30. The molecule has 0 fully saturated rings. The van der Waals surface area contributed by atoms with E-state index in [-0.39, 0.29) is 5.75 Å². The van der Waals surface area contributed by atoms with Gasteiger partial charge in [-0.25, -0.2) is 4.79 Å². The predicted octanol–water partition coefficient (Wildman–Crippen LogP) is -0.0506. The van der Waals surface area contributed by atoms with E-state index in [4.69, 9.17) is 20.7 Å². The minimum absolute atomic E-state index is 0.00784. The molecule has 0 bridgehead atoms. The third kappa shape index (κ3) is 12.8. The number of nitrogens with one attached hydrogen (secondary N) is 1. The Kier molecular flexibility index (Phi) is 13.6. The van der Waals surface area contributed by atoms with Crippen molar-refractivity contribution in [2.24, 2.45) is 11.7 Å². The third-order valence-corrected chi connectivity index (χ3v) is 5.76. The van der Waals surface area contributed by atoms with Crippen molar-refractivity contribution in [3.8, 4) is 0 Å². The minimum Gasteiger partial charge on any atom is -0.501 e. The van der Waals surface area contributed by atoms with E-state index < -0.39 is 66.9 Å². The Hall–Kier alpha value is -2.25. The molecular weight excluding hydrogens is 428 g/mol. The summed E-state index contributed by atoms with van der Waals surface area (Å²) in [7, 11) is 2.49. The molecule has 0 unspecified atom stereocenters. The minimum atomic E-state index is -1.39. The second-order valence-corrected chi connectivity index (χ2v) is 8.34. The van der Waals surface area contributed by atoms with Crippen LogP contribution in [0.5, 0.6) is 0 Å². The summed E-state index contributed by atoms with van der Waals surface area (Å²) in [5.74, 6) is -6.57. The highest BCUT2D eigenvalue weighted by Gasteiger charge is 2.30. The number of ether oxygens (including phenoxy) is 1. The van der Waals surface area contributed by atoms with Crippen LogP contribution in [0.25, 0.3) is 0 Å². The third-order valence-electron chi connectivity index (χ3n) is 3.38. The van der Waals surface area contributed by atoms with E-state index in [1.807, 2.05) is 0 Å². The van der Waals surface area contributed by atoms with Crippen molar-refractivity contribution in [3.63, 3.8) is 0 Å². The molecule has 6 N–H and O–H groups in total. The van der Waals surface area contributed by atoms with E-state index in [0.717, 1.165) is 0 Å². The van der Waals surface area contributed by atoms with Crippen LogP contribution in [-0.4, -0.2) is 75.1 Å². The van der Waals surface area contributed by atoms with Gasteiger partial charge in [0.2, 0.25) is 5.91 Å². The topological polar surface area (TPSA) is 193 Å². The Labute approximate surface area is 174 Å². The Morgan fingerprint density at radius 2 is 1.66 bits per heavy atom. The Morgan fingerprint density at radius 1 is 1.03 bits per heavy atom. The number of amides is 1. The van der Waals surface area contributed by atoms with Gasteiger partial charge >= 0.3 is 17.9 Å². The number of carboxylic acids is 3. The first-order valence-corrected chi connectivity index (χ1v) is 10.8. The summed E-state index contributed by atoms with van der Waals surface area (Å²) in [6.45, 7) is 3.76. The van der Waals surface area contributed by atoms with Crippen molar-refractivity contribution >= 4 is 51.2 Å². The molecule has 0 spiro atoms. The lowest BCUT2D eigenvalue weighted by Crippen LogP contribution is -2.46. The first-order chi connectivity index (χ1) is 13.6. The van der Waals surface area contributed by atoms with Gasteiger partial charge in [0.1, 0.15) is 6.04 Å². The van der Waals surface area contributed by atoms with E-state index in [9.17, 15) is 29.1 Å². The van der Waals surface area contributed by atoms with Gasteiger partial charge in [-0.15, -0.1) is 0 Å². The van der Waals surface area contributed by atoms with Gasteiger partial charge in [-0.3, -0.25) is 19.2 Å². The molecule has 0 aliphatic carbocycles. The second-order valence-electron chi connectivity index (χ2n) is 5.71. The van der Waals surface area contributed by atoms with E-state index >= 15 is 0 Å². The van der Waals surface area contributed by atoms with Gasteiger partial charge in [-0.2, -0.15) is 0 Å². The maximum absolute atomic E-state index is 12.4. The van der Waals surface area contributed by atoms with Crippen LogP contribution in [0.1, 0.15) is 19.3 Å². The second kappa shape index (κ2) is 14.7. The number of rotatable bonds is 17. The maximum atomic E-state index is 12.4. The summed E-state index contributed by atoms with van der Waals surface area (Å²) >= 11 is 0. The van der Waals surface area contributed by atoms with Gasteiger partial charge in [0.25, 0.3) is 0 Å². The number of hydrogen-bond acceptors (Lipinski definition) is 9. The van der Waals surface area contributed by atoms with E-state index in [1.165, 1.54) is 27.8 Å². The molecule has 0 aromatic carbocycles. The van der Waals surface area contributed by atoms with Crippen LogP contribution in [0, 0.1) is 5.92 Å². The van der Waals surface area contributed by atoms with Crippen LogP contribution in [0.4, 0.5) is 0 Å². The van der Waals surface area contributed by atoms with Gasteiger partial charge in [-0.1, -0.05) is 28.2 Å². The quantitative estimate of drug-likeness (QED) is 0.112. The fourth-order valence-corrected chi connectivity index (χ4v) is 3.96. The molecule has 0 aliphatic heterocycles. The lowest BCUT2D eigenvalue weighted by atomic mass is 9.93. The highest BCUT2D eigenvalue weighted by Crippen LogP contribution is 2.22. The molecule has 3 atom stereocenters. The zero-order chi connectivity index (χ0) is 22.4. The van der Waals surface area contributed by atoms with Crippen LogP contribution in [-0.2, 0) is 28.7 Å². The molecule has 0 saturated carbocycles. The molecule has 0 aromatic rings. The molecule has 29 heavy (non-hydrogen) atoms. The summed E-state index contributed by atoms with van der Waals surface area (Å²) in [5.41, 5.74) is 5.44. The molecule has 0 aromatic heterocycles. The summed E-state index contributed by atoms with van der Waals surface area (Å²) in [5, 5.41) is 29.1. The average Bonchev–Trinajstić information content (AvgIpc) is 2.61. The lowest BCUT2D eigenvalue weighted by Gasteiger charge is -2.19. The molecule has 164 valence electrons. The summed E-state index contributed by atoms with van der Waals surface area (Å²) in [6.07, 6.45) is -0.733. The van der Waals surface area contributed by atoms with E-state index in [1.54, 1.807) is 0 Å². The van der Waals surface area contributed by atoms with Gasteiger partial charge in [0, 0.05) is 17.9 Å². The largest absolute Gasteiger partial charge is 0.501 e. The van der Waals surface area contributed by atoms with Gasteiger partial charge in [0.15, 0.2) is 5.78 Å². The van der Waals surface area contributed by atoms with E-state index in [0.29, 0.717) is 12.4 Å². The normalized spacial score (nSPS) is 13.6. The van der Waals surface area contributed by atoms with Crippen molar-refractivity contribution in [2.75, 3.05) is 18.1 Å². The molecular formula is C16H24N2O9S2. The van der Waals surface area contributed by atoms with Crippen molar-refractivity contribution in [3.05, 3.63) is 12.8 Å². The van der Waals surface area contributed by atoms with Crippen LogP contribution in [0.2, 0.25) is 0 Å². The van der Waals surface area contributed by atoms with Crippen molar-refractivity contribution in [1.29, 1.82) is 0 Å². The molecule has 11 nitrogen and oxygen atoms in total. The number of hydrogen-bond donors (Lipinski definition) is 5. The Morgan fingerprint density at radius 3 is 2.17 bits per heavy atom. The van der Waals surface area contributed by atoms with Crippen molar-refractivity contribution in [1.82, 2.24) is 5.32 Å². The molecule has 0 aliphatic rings. The predicted molar refractivity (Wildman–Crippen MR) is 106 cm³/mol. The smallest absolute Gasteiger partial charge is 0.327 e. The SMILES string of the molecule is C=COCCSSC[C@H](NC(=O)[C@H](CC(=O)O)CC(=O)[C@@H](N)CC(=O)O)C(=O)O. The lowest BCUT2D eigenvalue weighted by molar-refractivity contribution is -0.144. The van der Waals surface area contributed by atoms with E-state index in [2.05, 4.69) is 11.9 Å². The molecule has 0 rings (SSSR count). The zero-order valence-corrected chi connectivity index (χ0v) is 17.1. The molecule has 0 radical (unpaired) electrons. The van der Waals surface area contributed by atoms with Crippen molar-refractivity contribution in [2.45, 2.75) is 31.3 Å². The monoisotopic (exact) mass is 452 g/mol. The van der Waals surface area contributed by atoms with Crippen LogP contribution in [0.3, 0.4) is 0 Å². The zero-order valence-electron chi connectivity index (χ0n) is 15.4. The van der Waals surface area contributed by atoms with Crippen LogP contribution in [0.15, 0.2) is 12.8 Å². The molecule has 13 heteroatoms. The van der Waals surface area contributed by atoms with Gasteiger partial charge in [-0.05, 0) is 0 Å². The summed E-state index contributed by atoms with van der Waals surface area (Å²) in [6, 6.07) is -2.70. The Bertz CT molecular complexity index is 615. The number of carbonyl (C=O) groups is 5. The maximum Gasteiger partial charge on any atom is 0.327 e. The number of carbonyl (C=O) groups excluding carboxylic acids is 2. The van der Waals surface area contributed by atoms with Gasteiger partial charge in [0.05, 0.1) is 37.7 Å². The highest BCUT2D eigenvalue weighted by atomic mass is 33.1. The number of ketones is 1.